The highest BCUT2D eigenvalue weighted by Crippen LogP contribution is 2.55. The number of carbonyl (C=O) groups is 1. The molecule has 0 saturated carbocycles. The van der Waals surface area contributed by atoms with Crippen molar-refractivity contribution in [1.82, 2.24) is 4.90 Å². The van der Waals surface area contributed by atoms with Crippen LogP contribution in [0.2, 0.25) is 0 Å². The molecule has 192 valence electrons. The third-order valence-electron chi connectivity index (χ3n) is 7.48. The van der Waals surface area contributed by atoms with Gasteiger partial charge in [0.1, 0.15) is 23.0 Å². The molecule has 0 aromatic heterocycles. The lowest BCUT2D eigenvalue weighted by Crippen LogP contribution is -2.54. The van der Waals surface area contributed by atoms with E-state index in [1.165, 1.54) is 7.11 Å². The molecule has 0 saturated heterocycles. The second-order valence-electron chi connectivity index (χ2n) is 9.18. The number of benzene rings is 3. The Kier molecular flexibility index (Phi) is 6.46. The van der Waals surface area contributed by atoms with Gasteiger partial charge in [0.2, 0.25) is 0 Å². The summed E-state index contributed by atoms with van der Waals surface area (Å²) in [5.41, 5.74) is 4.27. The normalized spacial score (nSPS) is 19.9. The average Bonchev–Trinajstić information content (AvgIpc) is 3.31. The Bertz CT molecular complexity index is 1370. The van der Waals surface area contributed by atoms with Gasteiger partial charge < -0.3 is 23.7 Å². The van der Waals surface area contributed by atoms with E-state index in [0.29, 0.717) is 24.5 Å². The van der Waals surface area contributed by atoms with E-state index in [0.717, 1.165) is 39.3 Å². The Hall–Kier alpha value is -4.13. The monoisotopic (exact) mass is 501 g/mol. The minimum atomic E-state index is -0.730. The molecule has 1 aliphatic heterocycles. The minimum absolute atomic E-state index is 0.252. The predicted molar refractivity (Wildman–Crippen MR) is 141 cm³/mol. The summed E-state index contributed by atoms with van der Waals surface area (Å²) in [4.78, 5) is 15.1. The first kappa shape index (κ1) is 24.6. The summed E-state index contributed by atoms with van der Waals surface area (Å²) in [7, 11) is 8.03. The van der Waals surface area contributed by atoms with Gasteiger partial charge in [-0.2, -0.15) is 0 Å². The van der Waals surface area contributed by atoms with Crippen molar-refractivity contribution < 1.29 is 28.5 Å². The minimum Gasteiger partial charge on any atom is -0.497 e. The van der Waals surface area contributed by atoms with Crippen LogP contribution in [-0.2, 0) is 16.6 Å². The molecule has 2 atom stereocenters. The summed E-state index contributed by atoms with van der Waals surface area (Å²) in [6.45, 7) is 0.393. The Labute approximate surface area is 217 Å². The molecule has 1 amide bonds. The third-order valence-corrected chi connectivity index (χ3v) is 7.48. The molecule has 0 unspecified atom stereocenters. The molecule has 3 aromatic rings. The van der Waals surface area contributed by atoms with Crippen molar-refractivity contribution in [1.29, 1.82) is 0 Å². The zero-order valence-corrected chi connectivity index (χ0v) is 21.7. The highest BCUT2D eigenvalue weighted by molar-refractivity contribution is 5.81. The Morgan fingerprint density at radius 1 is 0.838 bits per heavy atom. The van der Waals surface area contributed by atoms with Gasteiger partial charge in [-0.1, -0.05) is 30.3 Å². The van der Waals surface area contributed by atoms with Crippen molar-refractivity contribution in [2.24, 2.45) is 0 Å². The fourth-order valence-corrected chi connectivity index (χ4v) is 5.84. The molecule has 2 aliphatic rings. The molecule has 7 nitrogen and oxygen atoms in total. The number of methoxy groups -OCH3 is 5. The first-order chi connectivity index (χ1) is 18.0. The summed E-state index contributed by atoms with van der Waals surface area (Å²) in [6.07, 6.45) is 2.50. The summed E-state index contributed by atoms with van der Waals surface area (Å²) in [5.74, 6) is 2.89. The number of carbonyl (C=O) groups excluding carboxylic acids is 1. The molecule has 0 spiro atoms. The van der Waals surface area contributed by atoms with E-state index in [1.54, 1.807) is 28.4 Å². The lowest BCUT2D eigenvalue weighted by molar-refractivity contribution is 0.0997. The van der Waals surface area contributed by atoms with Crippen LogP contribution < -0.4 is 18.9 Å². The van der Waals surface area contributed by atoms with Crippen LogP contribution in [-0.4, -0.2) is 59.1 Å². The van der Waals surface area contributed by atoms with E-state index in [1.807, 2.05) is 59.5 Å². The summed E-state index contributed by atoms with van der Waals surface area (Å²) in [5, 5.41) is 0. The van der Waals surface area contributed by atoms with E-state index in [9.17, 15) is 4.79 Å². The van der Waals surface area contributed by atoms with Crippen molar-refractivity contribution in [2.75, 3.05) is 42.1 Å². The van der Waals surface area contributed by atoms with Gasteiger partial charge in [-0.3, -0.25) is 4.90 Å². The van der Waals surface area contributed by atoms with Gasteiger partial charge in [-0.15, -0.1) is 0 Å². The highest BCUT2D eigenvalue weighted by Gasteiger charge is 2.55. The second-order valence-corrected chi connectivity index (χ2v) is 9.18. The van der Waals surface area contributed by atoms with Gasteiger partial charge in [-0.25, -0.2) is 4.79 Å². The molecule has 5 rings (SSSR count). The largest absolute Gasteiger partial charge is 0.497 e. The zero-order chi connectivity index (χ0) is 26.2. The van der Waals surface area contributed by atoms with E-state index >= 15 is 0 Å². The molecule has 0 fully saturated rings. The Morgan fingerprint density at radius 3 is 2.22 bits per heavy atom. The van der Waals surface area contributed by atoms with E-state index < -0.39 is 5.41 Å². The molecule has 0 N–H and O–H groups in total. The zero-order valence-electron chi connectivity index (χ0n) is 21.7. The molecule has 0 bridgehead atoms. The van der Waals surface area contributed by atoms with Crippen molar-refractivity contribution in [2.45, 2.75) is 17.9 Å². The number of ether oxygens (including phenoxy) is 5. The van der Waals surface area contributed by atoms with Crippen LogP contribution in [0.4, 0.5) is 4.79 Å². The molecule has 7 heteroatoms. The van der Waals surface area contributed by atoms with Crippen molar-refractivity contribution in [3.63, 3.8) is 0 Å². The lowest BCUT2D eigenvalue weighted by Gasteiger charge is -2.45. The van der Waals surface area contributed by atoms with Crippen LogP contribution in [0.1, 0.15) is 22.3 Å². The van der Waals surface area contributed by atoms with Gasteiger partial charge in [0, 0.05) is 18.2 Å². The van der Waals surface area contributed by atoms with Gasteiger partial charge in [0.15, 0.2) is 0 Å². The first-order valence-corrected chi connectivity index (χ1v) is 12.1. The highest BCUT2D eigenvalue weighted by atomic mass is 16.5. The number of hydrogen-bond donors (Lipinski definition) is 0. The van der Waals surface area contributed by atoms with E-state index in [-0.39, 0.29) is 12.1 Å². The number of fused-ring (bicyclic) bond motifs is 3. The fourth-order valence-electron chi connectivity index (χ4n) is 5.84. The number of hydrogen-bond acceptors (Lipinski definition) is 6. The summed E-state index contributed by atoms with van der Waals surface area (Å²) < 4.78 is 28.0. The van der Waals surface area contributed by atoms with Crippen LogP contribution in [0.5, 0.6) is 23.0 Å². The Balaban J connectivity index is 1.86. The molecule has 37 heavy (non-hydrogen) atoms. The number of rotatable bonds is 6. The van der Waals surface area contributed by atoms with Crippen LogP contribution >= 0.6 is 0 Å². The molecule has 0 radical (unpaired) electrons. The van der Waals surface area contributed by atoms with Gasteiger partial charge in [0.25, 0.3) is 0 Å². The maximum absolute atomic E-state index is 13.3. The SMILES string of the molecule is COC(=O)N1CC(c2cccc(OC)c2)=C[C@]2(c3cccc(OC)c3)c3c(cc(OC)cc3OC)C[C@H]12. The van der Waals surface area contributed by atoms with Crippen LogP contribution in [0.25, 0.3) is 5.57 Å². The topological polar surface area (TPSA) is 66.5 Å². The fraction of sp³-hybridized carbons (Fsp3) is 0.300. The molecule has 1 heterocycles. The molecule has 3 aromatic carbocycles. The van der Waals surface area contributed by atoms with Crippen molar-refractivity contribution >= 4 is 11.7 Å². The maximum atomic E-state index is 13.3. The summed E-state index contributed by atoms with van der Waals surface area (Å²) >= 11 is 0. The van der Waals surface area contributed by atoms with Crippen molar-refractivity contribution in [3.05, 3.63) is 89.0 Å². The maximum Gasteiger partial charge on any atom is 0.410 e. The first-order valence-electron chi connectivity index (χ1n) is 12.1. The lowest BCUT2D eigenvalue weighted by atomic mass is 9.68. The van der Waals surface area contributed by atoms with Gasteiger partial charge in [-0.05, 0) is 59.0 Å². The van der Waals surface area contributed by atoms with Crippen molar-refractivity contribution in [3.8, 4) is 23.0 Å². The predicted octanol–water partition coefficient (Wildman–Crippen LogP) is 5.10. The molecule has 1 aliphatic carbocycles. The third kappa shape index (κ3) is 3.95. The number of amides is 1. The smallest absolute Gasteiger partial charge is 0.410 e. The van der Waals surface area contributed by atoms with Crippen LogP contribution in [0.3, 0.4) is 0 Å². The van der Waals surface area contributed by atoms with Crippen LogP contribution in [0.15, 0.2) is 66.7 Å². The van der Waals surface area contributed by atoms with E-state index in [4.69, 9.17) is 23.7 Å². The van der Waals surface area contributed by atoms with Gasteiger partial charge in [0.05, 0.1) is 47.0 Å². The number of nitrogens with zero attached hydrogens (tertiary/aromatic N) is 1. The summed E-state index contributed by atoms with van der Waals surface area (Å²) in [6, 6.07) is 19.6. The second kappa shape index (κ2) is 9.73. The van der Waals surface area contributed by atoms with E-state index in [2.05, 4.69) is 12.1 Å². The van der Waals surface area contributed by atoms with Gasteiger partial charge >= 0.3 is 6.09 Å². The standard InChI is InChI=1S/C30H31NO6/c1-33-23-10-6-8-19(12-23)21-17-30(22-9-7-11-24(15-22)34-2)27(31(18-21)29(32)37-5)14-20-13-25(35-3)16-26(36-4)28(20)30/h6-13,15-17,27H,14,18H2,1-5H3/t27-,30+/m0/s1. The molecular formula is C30H31NO6. The average molecular weight is 502 g/mol. The molecular weight excluding hydrogens is 470 g/mol. The van der Waals surface area contributed by atoms with Crippen LogP contribution in [0, 0.1) is 0 Å². The quantitative estimate of drug-likeness (QED) is 0.468. The Morgan fingerprint density at radius 2 is 1.54 bits per heavy atom.